The molecule has 1 fully saturated rings. The molecule has 1 aliphatic carbocycles. The molecule has 1 aromatic rings. The molecule has 0 radical (unpaired) electrons. The van der Waals surface area contributed by atoms with Crippen LogP contribution in [-0.4, -0.2) is 21.7 Å². The fraction of sp³-hybridized carbons (Fsp3) is 0.727. The zero-order valence-corrected chi connectivity index (χ0v) is 8.91. The normalized spacial score (nSPS) is 22.5. The van der Waals surface area contributed by atoms with Gasteiger partial charge >= 0.3 is 0 Å². The lowest BCUT2D eigenvalue weighted by Gasteiger charge is -2.17. The van der Waals surface area contributed by atoms with Gasteiger partial charge in [-0.15, -0.1) is 0 Å². The number of nitrogens with zero attached hydrogens (tertiary/aromatic N) is 2. The van der Waals surface area contributed by atoms with Gasteiger partial charge in [-0.05, 0) is 25.7 Å². The first kappa shape index (κ1) is 9.36. The number of nitrogens with two attached hydrogens (primary N) is 1. The van der Waals surface area contributed by atoms with E-state index in [0.717, 1.165) is 31.8 Å². The van der Waals surface area contributed by atoms with Crippen molar-refractivity contribution in [3.63, 3.8) is 0 Å². The van der Waals surface area contributed by atoms with E-state index in [1.54, 1.807) is 0 Å². The van der Waals surface area contributed by atoms with Crippen LogP contribution in [0.4, 0.5) is 0 Å². The molecule has 0 atom stereocenters. The van der Waals surface area contributed by atoms with Crippen molar-refractivity contribution in [2.75, 3.05) is 6.61 Å². The average molecular weight is 207 g/mol. The van der Waals surface area contributed by atoms with E-state index in [4.69, 9.17) is 10.5 Å². The van der Waals surface area contributed by atoms with E-state index >= 15 is 0 Å². The number of fused-ring (bicyclic) bond motifs is 1. The molecule has 0 spiro atoms. The maximum absolute atomic E-state index is 6.08. The van der Waals surface area contributed by atoms with E-state index in [9.17, 15) is 0 Å². The Labute approximate surface area is 89.4 Å². The van der Waals surface area contributed by atoms with Crippen LogP contribution >= 0.6 is 0 Å². The number of imidazole rings is 1. The van der Waals surface area contributed by atoms with Gasteiger partial charge in [0.2, 0.25) is 0 Å². The Morgan fingerprint density at radius 3 is 3.20 bits per heavy atom. The molecule has 0 unspecified atom stereocenters. The molecule has 4 nitrogen and oxygen atoms in total. The van der Waals surface area contributed by atoms with Gasteiger partial charge in [0, 0.05) is 24.0 Å². The van der Waals surface area contributed by atoms with Crippen LogP contribution in [0.2, 0.25) is 0 Å². The molecule has 1 aromatic heterocycles. The molecule has 2 N–H and O–H groups in total. The van der Waals surface area contributed by atoms with Gasteiger partial charge in [0.1, 0.15) is 12.4 Å². The maximum Gasteiger partial charge on any atom is 0.135 e. The summed E-state index contributed by atoms with van der Waals surface area (Å²) in [5, 5.41) is 0. The van der Waals surface area contributed by atoms with Crippen LogP contribution < -0.4 is 5.73 Å². The molecule has 0 bridgehead atoms. The number of hydrogen-bond donors (Lipinski definition) is 1. The van der Waals surface area contributed by atoms with E-state index in [1.165, 1.54) is 18.5 Å². The maximum atomic E-state index is 6.08. The van der Waals surface area contributed by atoms with Crippen LogP contribution in [0.25, 0.3) is 0 Å². The van der Waals surface area contributed by atoms with Gasteiger partial charge in [-0.3, -0.25) is 0 Å². The minimum Gasteiger partial charge on any atom is -0.372 e. The first-order valence-electron chi connectivity index (χ1n) is 5.67. The standard InChI is InChI=1S/C11H17N3O/c12-11(3-4-11)2-1-9-7-13-10-8-15-6-5-14(9)10/h7H,1-6,8,12H2. The van der Waals surface area contributed by atoms with Crippen LogP contribution in [0.3, 0.4) is 0 Å². The van der Waals surface area contributed by atoms with Crippen molar-refractivity contribution in [2.45, 2.75) is 44.4 Å². The predicted octanol–water partition coefficient (Wildman–Crippen LogP) is 0.837. The van der Waals surface area contributed by atoms with Crippen molar-refractivity contribution in [3.8, 4) is 0 Å². The Hall–Kier alpha value is -0.870. The number of aryl methyl sites for hydroxylation is 1. The number of hydrogen-bond acceptors (Lipinski definition) is 3. The molecule has 4 heteroatoms. The summed E-state index contributed by atoms with van der Waals surface area (Å²) in [7, 11) is 0. The Morgan fingerprint density at radius 1 is 1.53 bits per heavy atom. The van der Waals surface area contributed by atoms with Gasteiger partial charge < -0.3 is 15.0 Å². The largest absolute Gasteiger partial charge is 0.372 e. The molecule has 2 heterocycles. The van der Waals surface area contributed by atoms with Crippen molar-refractivity contribution in [1.29, 1.82) is 0 Å². The predicted molar refractivity (Wildman–Crippen MR) is 56.4 cm³/mol. The highest BCUT2D eigenvalue weighted by Gasteiger charge is 2.37. The molecule has 1 aliphatic heterocycles. The lowest BCUT2D eigenvalue weighted by Crippen LogP contribution is -2.24. The van der Waals surface area contributed by atoms with Gasteiger partial charge in [-0.1, -0.05) is 0 Å². The summed E-state index contributed by atoms with van der Waals surface area (Å²) >= 11 is 0. The Kier molecular flexibility index (Phi) is 2.07. The van der Waals surface area contributed by atoms with Gasteiger partial charge in [-0.25, -0.2) is 4.98 Å². The molecule has 1 saturated carbocycles. The summed E-state index contributed by atoms with van der Waals surface area (Å²) in [5.74, 6) is 1.07. The van der Waals surface area contributed by atoms with Gasteiger partial charge in [-0.2, -0.15) is 0 Å². The quantitative estimate of drug-likeness (QED) is 0.799. The Bertz CT molecular complexity index is 368. The third-order valence-electron chi connectivity index (χ3n) is 3.48. The summed E-state index contributed by atoms with van der Waals surface area (Å²) in [6.45, 7) is 2.42. The minimum absolute atomic E-state index is 0.149. The second-order valence-corrected chi connectivity index (χ2v) is 4.73. The Morgan fingerprint density at radius 2 is 2.40 bits per heavy atom. The highest BCUT2D eigenvalue weighted by atomic mass is 16.5. The molecular weight excluding hydrogens is 190 g/mol. The van der Waals surface area contributed by atoms with E-state index in [-0.39, 0.29) is 5.54 Å². The molecule has 15 heavy (non-hydrogen) atoms. The van der Waals surface area contributed by atoms with E-state index in [0.29, 0.717) is 6.61 Å². The van der Waals surface area contributed by atoms with Crippen molar-refractivity contribution >= 4 is 0 Å². The molecule has 0 amide bonds. The molecule has 2 aliphatic rings. The number of aromatic nitrogens is 2. The van der Waals surface area contributed by atoms with Crippen molar-refractivity contribution in [3.05, 3.63) is 17.7 Å². The lowest BCUT2D eigenvalue weighted by molar-refractivity contribution is 0.0806. The van der Waals surface area contributed by atoms with Crippen LogP contribution in [0, 0.1) is 0 Å². The lowest BCUT2D eigenvalue weighted by atomic mass is 10.1. The summed E-state index contributed by atoms with van der Waals surface area (Å²) in [6.07, 6.45) is 6.52. The van der Waals surface area contributed by atoms with Gasteiger partial charge in [0.25, 0.3) is 0 Å². The highest BCUT2D eigenvalue weighted by Crippen LogP contribution is 2.36. The van der Waals surface area contributed by atoms with Crippen molar-refractivity contribution in [1.82, 2.24) is 9.55 Å². The van der Waals surface area contributed by atoms with Crippen LogP contribution in [-0.2, 0) is 24.3 Å². The monoisotopic (exact) mass is 207 g/mol. The first-order chi connectivity index (χ1) is 7.27. The van der Waals surface area contributed by atoms with Crippen LogP contribution in [0.1, 0.15) is 30.8 Å². The number of rotatable bonds is 3. The summed E-state index contributed by atoms with van der Waals surface area (Å²) in [6, 6.07) is 0. The smallest absolute Gasteiger partial charge is 0.135 e. The minimum atomic E-state index is 0.149. The van der Waals surface area contributed by atoms with Crippen LogP contribution in [0.15, 0.2) is 6.20 Å². The molecule has 0 aromatic carbocycles. The topological polar surface area (TPSA) is 53.1 Å². The fourth-order valence-corrected chi connectivity index (χ4v) is 2.15. The zero-order valence-electron chi connectivity index (χ0n) is 8.91. The average Bonchev–Trinajstić information content (AvgIpc) is 2.86. The van der Waals surface area contributed by atoms with E-state index in [2.05, 4.69) is 9.55 Å². The molecular formula is C11H17N3O. The zero-order chi connectivity index (χ0) is 10.3. The molecule has 0 saturated heterocycles. The third kappa shape index (κ3) is 1.79. The number of ether oxygens (including phenoxy) is 1. The summed E-state index contributed by atoms with van der Waals surface area (Å²) < 4.78 is 7.65. The third-order valence-corrected chi connectivity index (χ3v) is 3.48. The van der Waals surface area contributed by atoms with E-state index < -0.39 is 0 Å². The first-order valence-corrected chi connectivity index (χ1v) is 5.67. The van der Waals surface area contributed by atoms with Gasteiger partial charge in [0.05, 0.1) is 6.61 Å². The SMILES string of the molecule is NC1(CCc2cnc3n2CCOC3)CC1. The van der Waals surface area contributed by atoms with Crippen molar-refractivity contribution in [2.24, 2.45) is 5.73 Å². The second kappa shape index (κ2) is 3.32. The molecule has 3 rings (SSSR count). The highest BCUT2D eigenvalue weighted by molar-refractivity contribution is 5.09. The van der Waals surface area contributed by atoms with Crippen LogP contribution in [0.5, 0.6) is 0 Å². The molecule has 82 valence electrons. The van der Waals surface area contributed by atoms with E-state index in [1.807, 2.05) is 6.20 Å². The summed E-state index contributed by atoms with van der Waals surface area (Å²) in [5.41, 5.74) is 7.56. The fourth-order valence-electron chi connectivity index (χ4n) is 2.15. The Balaban J connectivity index is 1.71. The van der Waals surface area contributed by atoms with Gasteiger partial charge in [0.15, 0.2) is 0 Å². The van der Waals surface area contributed by atoms with Crippen molar-refractivity contribution < 1.29 is 4.74 Å². The second-order valence-electron chi connectivity index (χ2n) is 4.73. The summed E-state index contributed by atoms with van der Waals surface area (Å²) in [4.78, 5) is 4.37.